The number of rotatable bonds is 1. The molecule has 0 amide bonds. The van der Waals surface area contributed by atoms with Crippen molar-refractivity contribution in [2.45, 2.75) is 31.7 Å². The van der Waals surface area contributed by atoms with Crippen LogP contribution in [-0.2, 0) is 17.6 Å². The molecule has 1 aliphatic carbocycles. The van der Waals surface area contributed by atoms with E-state index < -0.39 is 0 Å². The van der Waals surface area contributed by atoms with Crippen LogP contribution < -0.4 is 0 Å². The topological polar surface area (TPSA) is 49.7 Å². The van der Waals surface area contributed by atoms with Gasteiger partial charge < -0.3 is 5.11 Å². The molecule has 0 saturated heterocycles. The third-order valence-electron chi connectivity index (χ3n) is 3.01. The van der Waals surface area contributed by atoms with Crippen molar-refractivity contribution in [2.24, 2.45) is 4.99 Å². The minimum absolute atomic E-state index is 0.302. The van der Waals surface area contributed by atoms with E-state index in [1.54, 1.807) is 18.2 Å². The maximum Gasteiger partial charge on any atom is 0.235 e. The van der Waals surface area contributed by atoms with Crippen molar-refractivity contribution in [2.75, 3.05) is 0 Å². The summed E-state index contributed by atoms with van der Waals surface area (Å²) >= 11 is 0. The van der Waals surface area contributed by atoms with Crippen molar-refractivity contribution >= 4 is 6.08 Å². The molecule has 0 fully saturated rings. The molecule has 3 nitrogen and oxygen atoms in total. The Morgan fingerprint density at radius 1 is 1.47 bits per heavy atom. The zero-order chi connectivity index (χ0) is 10.9. The van der Waals surface area contributed by atoms with E-state index in [-0.39, 0.29) is 5.54 Å². The van der Waals surface area contributed by atoms with Crippen LogP contribution in [0.5, 0.6) is 5.75 Å². The number of aliphatic imine (C=N–C) groups is 1. The summed E-state index contributed by atoms with van der Waals surface area (Å²) in [4.78, 5) is 14.2. The zero-order valence-electron chi connectivity index (χ0n) is 8.66. The lowest BCUT2D eigenvalue weighted by Gasteiger charge is -2.29. The van der Waals surface area contributed by atoms with E-state index in [0.29, 0.717) is 5.75 Å². The second-order valence-electron chi connectivity index (χ2n) is 4.33. The van der Waals surface area contributed by atoms with Gasteiger partial charge >= 0.3 is 0 Å². The molecule has 2 rings (SSSR count). The van der Waals surface area contributed by atoms with Gasteiger partial charge in [-0.05, 0) is 49.4 Å². The van der Waals surface area contributed by atoms with Gasteiger partial charge in [0, 0.05) is 0 Å². The first-order valence-electron chi connectivity index (χ1n) is 5.03. The minimum atomic E-state index is -0.314. The van der Waals surface area contributed by atoms with E-state index in [4.69, 9.17) is 0 Å². The summed E-state index contributed by atoms with van der Waals surface area (Å²) in [5.41, 5.74) is 2.01. The fraction of sp³-hybridized carbons (Fsp3) is 0.417. The number of nitrogens with zero attached hydrogens (tertiary/aromatic N) is 1. The van der Waals surface area contributed by atoms with Crippen molar-refractivity contribution in [1.29, 1.82) is 0 Å². The summed E-state index contributed by atoms with van der Waals surface area (Å²) in [5, 5.41) is 9.34. The third kappa shape index (κ3) is 1.92. The Morgan fingerprint density at radius 3 is 3.00 bits per heavy atom. The Hall–Kier alpha value is -1.60. The molecule has 0 radical (unpaired) electrons. The molecule has 1 aliphatic rings. The standard InChI is InChI=1S/C12H13NO2/c1-12(13-8-14)5-4-9-6-11(15)3-2-10(9)7-12/h2-3,6,15H,4-5,7H2,1H3. The van der Waals surface area contributed by atoms with Crippen molar-refractivity contribution in [3.05, 3.63) is 29.3 Å². The molecule has 0 aromatic heterocycles. The highest BCUT2D eigenvalue weighted by molar-refractivity contribution is 5.40. The SMILES string of the molecule is CC1(N=C=O)CCc2cc(O)ccc2C1. The van der Waals surface area contributed by atoms with Gasteiger partial charge in [0.15, 0.2) is 0 Å². The number of benzene rings is 1. The summed E-state index contributed by atoms with van der Waals surface area (Å²) in [6, 6.07) is 5.37. The van der Waals surface area contributed by atoms with E-state index in [1.807, 2.05) is 13.0 Å². The number of isocyanates is 1. The largest absolute Gasteiger partial charge is 0.508 e. The van der Waals surface area contributed by atoms with Crippen molar-refractivity contribution < 1.29 is 9.90 Å². The predicted molar refractivity (Wildman–Crippen MR) is 56.7 cm³/mol. The van der Waals surface area contributed by atoms with E-state index in [0.717, 1.165) is 24.8 Å². The van der Waals surface area contributed by atoms with Gasteiger partial charge in [-0.15, -0.1) is 0 Å². The van der Waals surface area contributed by atoms with E-state index in [9.17, 15) is 9.90 Å². The number of aromatic hydroxyl groups is 1. The maximum absolute atomic E-state index is 10.3. The highest BCUT2D eigenvalue weighted by Crippen LogP contribution is 2.32. The molecular formula is C12H13NO2. The fourth-order valence-corrected chi connectivity index (χ4v) is 2.13. The summed E-state index contributed by atoms with van der Waals surface area (Å²) in [7, 11) is 0. The Balaban J connectivity index is 2.35. The Labute approximate surface area is 88.5 Å². The summed E-state index contributed by atoms with van der Waals surface area (Å²) < 4.78 is 0. The molecule has 1 N–H and O–H groups in total. The van der Waals surface area contributed by atoms with Crippen LogP contribution in [0, 0.1) is 0 Å². The lowest BCUT2D eigenvalue weighted by molar-refractivity contribution is 0.405. The van der Waals surface area contributed by atoms with Crippen LogP contribution in [0.4, 0.5) is 0 Å². The molecule has 0 spiro atoms. The Bertz CT molecular complexity index is 435. The van der Waals surface area contributed by atoms with Crippen LogP contribution in [0.1, 0.15) is 24.5 Å². The number of phenols is 1. The van der Waals surface area contributed by atoms with Crippen LogP contribution in [0.2, 0.25) is 0 Å². The molecule has 1 aromatic carbocycles. The number of aryl methyl sites for hydroxylation is 1. The molecule has 1 atom stereocenters. The summed E-state index contributed by atoms with van der Waals surface area (Å²) in [6.07, 6.45) is 4.08. The fourth-order valence-electron chi connectivity index (χ4n) is 2.13. The number of hydrogen-bond acceptors (Lipinski definition) is 3. The number of hydrogen-bond donors (Lipinski definition) is 1. The van der Waals surface area contributed by atoms with Crippen molar-refractivity contribution in [1.82, 2.24) is 0 Å². The normalized spacial score (nSPS) is 24.1. The smallest absolute Gasteiger partial charge is 0.235 e. The number of fused-ring (bicyclic) bond motifs is 1. The van der Waals surface area contributed by atoms with Gasteiger partial charge in [-0.25, -0.2) is 4.79 Å². The Kier molecular flexibility index (Phi) is 2.33. The predicted octanol–water partition coefficient (Wildman–Crippen LogP) is 1.98. The van der Waals surface area contributed by atoms with Crippen LogP contribution >= 0.6 is 0 Å². The van der Waals surface area contributed by atoms with Gasteiger partial charge in [-0.3, -0.25) is 0 Å². The van der Waals surface area contributed by atoms with Gasteiger partial charge in [0.2, 0.25) is 6.08 Å². The number of carbonyl (C=O) groups excluding carboxylic acids is 1. The van der Waals surface area contributed by atoms with Gasteiger partial charge in [-0.1, -0.05) is 6.07 Å². The van der Waals surface area contributed by atoms with E-state index in [2.05, 4.69) is 4.99 Å². The average Bonchev–Trinajstić information content (AvgIpc) is 2.19. The molecule has 1 unspecified atom stereocenters. The summed E-state index contributed by atoms with van der Waals surface area (Å²) in [6.45, 7) is 1.97. The molecular weight excluding hydrogens is 190 g/mol. The molecule has 0 aliphatic heterocycles. The molecule has 3 heteroatoms. The lowest BCUT2D eigenvalue weighted by atomic mass is 9.79. The Morgan fingerprint density at radius 2 is 2.27 bits per heavy atom. The molecule has 78 valence electrons. The van der Waals surface area contributed by atoms with Crippen LogP contribution in [-0.4, -0.2) is 16.7 Å². The van der Waals surface area contributed by atoms with Crippen molar-refractivity contribution in [3.8, 4) is 5.75 Å². The lowest BCUT2D eigenvalue weighted by Crippen LogP contribution is -2.30. The molecule has 1 aromatic rings. The maximum atomic E-state index is 10.3. The second-order valence-corrected chi connectivity index (χ2v) is 4.33. The molecule has 0 saturated carbocycles. The quantitative estimate of drug-likeness (QED) is 0.560. The first-order chi connectivity index (χ1) is 7.13. The average molecular weight is 203 g/mol. The summed E-state index contributed by atoms with van der Waals surface area (Å²) in [5.74, 6) is 0.302. The second kappa shape index (κ2) is 3.52. The minimum Gasteiger partial charge on any atom is -0.508 e. The van der Waals surface area contributed by atoms with Crippen LogP contribution in [0.25, 0.3) is 0 Å². The first kappa shape index (κ1) is 9.94. The number of phenolic OH excluding ortho intramolecular Hbond substituents is 1. The molecule has 0 heterocycles. The van der Waals surface area contributed by atoms with Gasteiger partial charge in [0.25, 0.3) is 0 Å². The van der Waals surface area contributed by atoms with E-state index >= 15 is 0 Å². The van der Waals surface area contributed by atoms with Gasteiger partial charge in [0.1, 0.15) is 5.75 Å². The van der Waals surface area contributed by atoms with Crippen LogP contribution in [0.15, 0.2) is 23.2 Å². The highest BCUT2D eigenvalue weighted by Gasteiger charge is 2.29. The van der Waals surface area contributed by atoms with Crippen molar-refractivity contribution in [3.63, 3.8) is 0 Å². The molecule has 0 bridgehead atoms. The first-order valence-corrected chi connectivity index (χ1v) is 5.03. The van der Waals surface area contributed by atoms with E-state index in [1.165, 1.54) is 5.56 Å². The zero-order valence-corrected chi connectivity index (χ0v) is 8.66. The molecule has 15 heavy (non-hydrogen) atoms. The highest BCUT2D eigenvalue weighted by atomic mass is 16.3. The van der Waals surface area contributed by atoms with Gasteiger partial charge in [-0.2, -0.15) is 4.99 Å². The third-order valence-corrected chi connectivity index (χ3v) is 3.01. The van der Waals surface area contributed by atoms with Crippen LogP contribution in [0.3, 0.4) is 0 Å². The van der Waals surface area contributed by atoms with Gasteiger partial charge in [0.05, 0.1) is 5.54 Å². The monoisotopic (exact) mass is 203 g/mol.